The van der Waals surface area contributed by atoms with Crippen LogP contribution in [0.3, 0.4) is 0 Å². The summed E-state index contributed by atoms with van der Waals surface area (Å²) >= 11 is 0. The summed E-state index contributed by atoms with van der Waals surface area (Å²) in [5.41, 5.74) is 1.55. The molecule has 0 aromatic rings. The molecule has 0 aliphatic heterocycles. The van der Waals surface area contributed by atoms with Crippen molar-refractivity contribution >= 4 is 0 Å². The molecule has 0 N–H and O–H groups in total. The van der Waals surface area contributed by atoms with Gasteiger partial charge in [0.05, 0.1) is 6.07 Å². The van der Waals surface area contributed by atoms with E-state index in [1.807, 2.05) is 13.0 Å². The molecule has 0 saturated carbocycles. The highest BCUT2D eigenvalue weighted by atomic mass is 19.3. The number of terminal acetylenes is 1. The molecule has 0 aromatic heterocycles. The van der Waals surface area contributed by atoms with Crippen molar-refractivity contribution < 1.29 is 8.78 Å². The van der Waals surface area contributed by atoms with Crippen LogP contribution in [-0.2, 0) is 0 Å². The first-order chi connectivity index (χ1) is 10.9. The molecule has 23 heavy (non-hydrogen) atoms. The Balaban J connectivity index is 0. The molecule has 0 bridgehead atoms. The summed E-state index contributed by atoms with van der Waals surface area (Å²) in [6.45, 7) is 9.61. The average molecular weight is 323 g/mol. The van der Waals surface area contributed by atoms with Gasteiger partial charge in [0.1, 0.15) is 0 Å². The lowest BCUT2D eigenvalue weighted by atomic mass is 9.71. The van der Waals surface area contributed by atoms with Gasteiger partial charge < -0.3 is 0 Å². The number of nitrogens with zero attached hydrogens (tertiary/aromatic N) is 1. The molecule has 0 spiro atoms. The maximum Gasteiger partial charge on any atom is 0.242 e. The summed E-state index contributed by atoms with van der Waals surface area (Å²) in [6, 6.07) is 2.28. The monoisotopic (exact) mass is 323 g/mol. The minimum absolute atomic E-state index is 0.192. The number of nitriles is 1. The molecule has 0 amide bonds. The minimum atomic E-state index is -2.31. The first kappa shape index (κ1) is 23.7. The van der Waals surface area contributed by atoms with E-state index in [2.05, 4.69) is 38.3 Å². The zero-order valence-corrected chi connectivity index (χ0v) is 15.3. The third-order valence-corrected chi connectivity index (χ3v) is 3.74. The Morgan fingerprint density at radius 3 is 2.22 bits per heavy atom. The highest BCUT2D eigenvalue weighted by Gasteiger charge is 2.30. The Bertz CT molecular complexity index is 449. The summed E-state index contributed by atoms with van der Waals surface area (Å²) in [7, 11) is 0. The number of hydrogen-bond acceptors (Lipinski definition) is 1. The van der Waals surface area contributed by atoms with Gasteiger partial charge in [-0.3, -0.25) is 0 Å². The molecule has 0 radical (unpaired) electrons. The van der Waals surface area contributed by atoms with Crippen molar-refractivity contribution in [3.63, 3.8) is 0 Å². The second-order valence-corrected chi connectivity index (χ2v) is 5.66. The molecule has 1 unspecified atom stereocenters. The van der Waals surface area contributed by atoms with Crippen molar-refractivity contribution in [3.05, 3.63) is 23.3 Å². The first-order valence-electron chi connectivity index (χ1n) is 8.27. The molecule has 1 atom stereocenters. The molecule has 0 rings (SSSR count). The Hall–Kier alpha value is -1.61. The van der Waals surface area contributed by atoms with Crippen LogP contribution in [0.25, 0.3) is 0 Å². The quantitative estimate of drug-likeness (QED) is 0.343. The van der Waals surface area contributed by atoms with Crippen molar-refractivity contribution in [3.8, 4) is 18.4 Å². The maximum atomic E-state index is 12.5. The van der Waals surface area contributed by atoms with Crippen LogP contribution in [0.5, 0.6) is 0 Å². The van der Waals surface area contributed by atoms with Gasteiger partial charge in [0, 0.05) is 18.3 Å². The van der Waals surface area contributed by atoms with Gasteiger partial charge in [-0.15, -0.1) is 12.3 Å². The van der Waals surface area contributed by atoms with Gasteiger partial charge in [0.25, 0.3) is 0 Å². The molecule has 0 aliphatic rings. The van der Waals surface area contributed by atoms with Crippen LogP contribution in [0.4, 0.5) is 8.78 Å². The number of hydrogen-bond donors (Lipinski definition) is 0. The molecular weight excluding hydrogens is 292 g/mol. The summed E-state index contributed by atoms with van der Waals surface area (Å²) < 4.78 is 25.0. The highest BCUT2D eigenvalue weighted by Crippen LogP contribution is 2.41. The second kappa shape index (κ2) is 14.0. The lowest BCUT2D eigenvalue weighted by molar-refractivity contribution is 0.149. The lowest BCUT2D eigenvalue weighted by Crippen LogP contribution is -2.22. The van der Waals surface area contributed by atoms with Crippen LogP contribution >= 0.6 is 0 Å². The third kappa shape index (κ3) is 9.90. The van der Waals surface area contributed by atoms with E-state index in [0.717, 1.165) is 31.3 Å². The first-order valence-corrected chi connectivity index (χ1v) is 8.27. The van der Waals surface area contributed by atoms with E-state index in [4.69, 9.17) is 5.26 Å². The van der Waals surface area contributed by atoms with Gasteiger partial charge in [-0.25, -0.2) is 8.78 Å². The van der Waals surface area contributed by atoms with Crippen LogP contribution in [0.2, 0.25) is 0 Å². The number of rotatable bonds is 9. The molecule has 1 nitrogen and oxygen atoms in total. The summed E-state index contributed by atoms with van der Waals surface area (Å²) in [4.78, 5) is 0. The fourth-order valence-corrected chi connectivity index (χ4v) is 2.69. The SMILES string of the molecule is C#CC.CC/C=C(\C=C(/C)CC(F)F)C(CC)(CC#N)CCC. The molecule has 0 aliphatic carbocycles. The fourth-order valence-electron chi connectivity index (χ4n) is 2.69. The topological polar surface area (TPSA) is 23.8 Å². The molecular formula is C20H31F2N. The molecule has 3 heteroatoms. The van der Waals surface area contributed by atoms with Crippen LogP contribution in [0.15, 0.2) is 23.3 Å². The van der Waals surface area contributed by atoms with Gasteiger partial charge >= 0.3 is 0 Å². The van der Waals surface area contributed by atoms with E-state index < -0.39 is 6.43 Å². The predicted molar refractivity (Wildman–Crippen MR) is 95.1 cm³/mol. The van der Waals surface area contributed by atoms with Gasteiger partial charge in [-0.2, -0.15) is 5.26 Å². The summed E-state index contributed by atoms with van der Waals surface area (Å²) in [6.07, 6.45) is 10.1. The predicted octanol–water partition coefficient (Wildman–Crippen LogP) is 6.67. The van der Waals surface area contributed by atoms with Gasteiger partial charge in [-0.1, -0.05) is 44.9 Å². The normalized spacial score (nSPS) is 14.3. The van der Waals surface area contributed by atoms with Crippen molar-refractivity contribution in [1.82, 2.24) is 0 Å². The Morgan fingerprint density at radius 2 is 1.87 bits per heavy atom. The molecule has 0 saturated heterocycles. The largest absolute Gasteiger partial charge is 0.242 e. The number of halogens is 2. The van der Waals surface area contributed by atoms with E-state index in [-0.39, 0.29) is 11.8 Å². The second-order valence-electron chi connectivity index (χ2n) is 5.66. The van der Waals surface area contributed by atoms with Crippen molar-refractivity contribution in [1.29, 1.82) is 5.26 Å². The summed E-state index contributed by atoms with van der Waals surface area (Å²) in [5, 5.41) is 9.14. The Labute approximate surface area is 141 Å². The highest BCUT2D eigenvalue weighted by molar-refractivity contribution is 5.31. The Morgan fingerprint density at radius 1 is 1.30 bits per heavy atom. The molecule has 130 valence electrons. The zero-order valence-electron chi connectivity index (χ0n) is 15.3. The van der Waals surface area contributed by atoms with Gasteiger partial charge in [-0.05, 0) is 38.7 Å². The minimum Gasteiger partial charge on any atom is -0.210 e. The van der Waals surface area contributed by atoms with Gasteiger partial charge in [0.2, 0.25) is 6.43 Å². The molecule has 0 fully saturated rings. The molecule has 0 aromatic carbocycles. The van der Waals surface area contributed by atoms with E-state index in [9.17, 15) is 8.78 Å². The Kier molecular flexibility index (Phi) is 14.4. The van der Waals surface area contributed by atoms with Crippen molar-refractivity contribution in [2.45, 2.75) is 79.6 Å². The lowest BCUT2D eigenvalue weighted by Gasteiger charge is -2.32. The van der Waals surface area contributed by atoms with Crippen LogP contribution in [0, 0.1) is 29.1 Å². The average Bonchev–Trinajstić information content (AvgIpc) is 2.46. The van der Waals surface area contributed by atoms with Crippen LogP contribution in [0.1, 0.15) is 73.1 Å². The van der Waals surface area contributed by atoms with E-state index in [1.165, 1.54) is 0 Å². The number of alkyl halides is 2. The maximum absolute atomic E-state index is 12.5. The van der Waals surface area contributed by atoms with Crippen LogP contribution in [-0.4, -0.2) is 6.43 Å². The van der Waals surface area contributed by atoms with E-state index in [1.54, 1.807) is 13.8 Å². The molecule has 0 heterocycles. The fraction of sp³-hybridized carbons (Fsp3) is 0.650. The van der Waals surface area contributed by atoms with Crippen molar-refractivity contribution in [2.24, 2.45) is 5.41 Å². The standard InChI is InChI=1S/C17H27F2N.C3H4/c1-5-8-15(12-14(4)13-16(18)19)17(7-3,9-6-2)10-11-20;1-3-2/h8,12,16H,5-7,9-10,13H2,1-4H3;1H,2H3/b14-12+,15-8+;. The number of allylic oxidation sites excluding steroid dienone is 4. The van der Waals surface area contributed by atoms with Crippen molar-refractivity contribution in [2.75, 3.05) is 0 Å². The zero-order chi connectivity index (χ0) is 18.3. The third-order valence-electron chi connectivity index (χ3n) is 3.74. The van der Waals surface area contributed by atoms with Gasteiger partial charge in [0.15, 0.2) is 0 Å². The smallest absolute Gasteiger partial charge is 0.210 e. The summed E-state index contributed by atoms with van der Waals surface area (Å²) in [5.74, 6) is 2.25. The van der Waals surface area contributed by atoms with E-state index in [0.29, 0.717) is 12.0 Å². The van der Waals surface area contributed by atoms with E-state index >= 15 is 0 Å². The van der Waals surface area contributed by atoms with Crippen LogP contribution < -0.4 is 0 Å².